The molecule has 18 heavy (non-hydrogen) atoms. The average Bonchev–Trinajstić information content (AvgIpc) is 2.63. The van der Waals surface area contributed by atoms with E-state index in [-0.39, 0.29) is 5.41 Å². The standard InChI is InChI=1S/C13H19N3OS/c1-13(2,6-8-17-3)9-16-11-10(15-12(16)18)5-4-7-14-11/h4-5,7H,6,8-9H2,1-3H3,(H,15,18). The number of fused-ring (bicyclic) bond motifs is 1. The van der Waals surface area contributed by atoms with E-state index in [9.17, 15) is 0 Å². The lowest BCUT2D eigenvalue weighted by molar-refractivity contribution is 0.143. The molecule has 98 valence electrons. The summed E-state index contributed by atoms with van der Waals surface area (Å²) >= 11 is 5.37. The van der Waals surface area contributed by atoms with Crippen molar-refractivity contribution in [1.82, 2.24) is 14.5 Å². The zero-order chi connectivity index (χ0) is 13.2. The number of rotatable bonds is 5. The summed E-state index contributed by atoms with van der Waals surface area (Å²) in [5.74, 6) is 0. The maximum Gasteiger partial charge on any atom is 0.179 e. The summed E-state index contributed by atoms with van der Waals surface area (Å²) in [5, 5.41) is 0. The molecule has 0 unspecified atom stereocenters. The van der Waals surface area contributed by atoms with Crippen LogP contribution in [0.4, 0.5) is 0 Å². The minimum absolute atomic E-state index is 0.126. The monoisotopic (exact) mass is 265 g/mol. The summed E-state index contributed by atoms with van der Waals surface area (Å²) in [7, 11) is 1.73. The van der Waals surface area contributed by atoms with E-state index in [1.54, 1.807) is 13.3 Å². The lowest BCUT2D eigenvalue weighted by atomic mass is 9.89. The molecule has 2 aromatic rings. The van der Waals surface area contributed by atoms with Crippen LogP contribution in [0.2, 0.25) is 0 Å². The Kier molecular flexibility index (Phi) is 3.82. The van der Waals surface area contributed by atoms with Crippen molar-refractivity contribution in [2.45, 2.75) is 26.8 Å². The molecule has 4 nitrogen and oxygen atoms in total. The number of H-pyrrole nitrogens is 1. The molecule has 2 heterocycles. The summed E-state index contributed by atoms with van der Waals surface area (Å²) in [4.78, 5) is 7.59. The number of pyridine rings is 1. The molecule has 0 atom stereocenters. The molecule has 0 amide bonds. The van der Waals surface area contributed by atoms with Crippen molar-refractivity contribution in [3.8, 4) is 0 Å². The molecule has 2 rings (SSSR count). The predicted molar refractivity (Wildman–Crippen MR) is 75.2 cm³/mol. The average molecular weight is 265 g/mol. The largest absolute Gasteiger partial charge is 0.385 e. The second-order valence-electron chi connectivity index (χ2n) is 5.30. The Morgan fingerprint density at radius 1 is 1.50 bits per heavy atom. The zero-order valence-corrected chi connectivity index (χ0v) is 11.9. The molecule has 0 radical (unpaired) electrons. The van der Waals surface area contributed by atoms with Gasteiger partial charge in [-0.05, 0) is 36.2 Å². The summed E-state index contributed by atoms with van der Waals surface area (Å²) in [5.41, 5.74) is 2.04. The summed E-state index contributed by atoms with van der Waals surface area (Å²) in [6, 6.07) is 3.91. The van der Waals surface area contributed by atoms with Gasteiger partial charge in [0.25, 0.3) is 0 Å². The second kappa shape index (κ2) is 5.20. The summed E-state index contributed by atoms with van der Waals surface area (Å²) < 4.78 is 7.96. The second-order valence-corrected chi connectivity index (χ2v) is 5.68. The molecule has 0 saturated heterocycles. The maximum atomic E-state index is 5.37. The fourth-order valence-corrected chi connectivity index (χ4v) is 2.28. The fourth-order valence-electron chi connectivity index (χ4n) is 2.02. The van der Waals surface area contributed by atoms with Crippen LogP contribution in [0.3, 0.4) is 0 Å². The third-order valence-electron chi connectivity index (χ3n) is 3.10. The Morgan fingerprint density at radius 2 is 2.28 bits per heavy atom. The fraction of sp³-hybridized carbons (Fsp3) is 0.538. The molecule has 2 aromatic heterocycles. The summed E-state index contributed by atoms with van der Waals surface area (Å²) in [6.45, 7) is 6.04. The van der Waals surface area contributed by atoms with Crippen LogP contribution in [0.25, 0.3) is 11.2 Å². The molecule has 1 N–H and O–H groups in total. The van der Waals surface area contributed by atoms with Crippen LogP contribution in [-0.2, 0) is 11.3 Å². The van der Waals surface area contributed by atoms with Gasteiger partial charge in [-0.2, -0.15) is 0 Å². The molecule has 0 aliphatic carbocycles. The zero-order valence-electron chi connectivity index (χ0n) is 11.1. The lowest BCUT2D eigenvalue weighted by Gasteiger charge is -2.24. The first-order valence-electron chi connectivity index (χ1n) is 6.06. The maximum absolute atomic E-state index is 5.37. The third-order valence-corrected chi connectivity index (χ3v) is 3.42. The van der Waals surface area contributed by atoms with Crippen LogP contribution < -0.4 is 0 Å². The van der Waals surface area contributed by atoms with Crippen LogP contribution in [-0.4, -0.2) is 28.3 Å². The van der Waals surface area contributed by atoms with Crippen molar-refractivity contribution in [3.05, 3.63) is 23.1 Å². The number of nitrogens with zero attached hydrogens (tertiary/aromatic N) is 2. The van der Waals surface area contributed by atoms with Gasteiger partial charge >= 0.3 is 0 Å². The molecule has 5 heteroatoms. The number of imidazole rings is 1. The number of aromatic nitrogens is 3. The Morgan fingerprint density at radius 3 is 3.00 bits per heavy atom. The third kappa shape index (κ3) is 2.79. The van der Waals surface area contributed by atoms with Gasteiger partial charge in [0, 0.05) is 26.5 Å². The Bertz CT molecular complexity index is 585. The Balaban J connectivity index is 2.31. The van der Waals surface area contributed by atoms with Gasteiger partial charge in [0.2, 0.25) is 0 Å². The van der Waals surface area contributed by atoms with Crippen molar-refractivity contribution < 1.29 is 4.74 Å². The molecule has 0 fully saturated rings. The Hall–Kier alpha value is -1.20. The smallest absolute Gasteiger partial charge is 0.179 e. The van der Waals surface area contributed by atoms with Crippen molar-refractivity contribution in [2.24, 2.45) is 5.41 Å². The van der Waals surface area contributed by atoms with E-state index in [0.29, 0.717) is 0 Å². The first-order chi connectivity index (χ1) is 8.53. The van der Waals surface area contributed by atoms with Crippen molar-refractivity contribution >= 4 is 23.4 Å². The van der Waals surface area contributed by atoms with E-state index in [1.165, 1.54) is 0 Å². The lowest BCUT2D eigenvalue weighted by Crippen LogP contribution is -2.21. The van der Waals surface area contributed by atoms with Crippen LogP contribution in [0.1, 0.15) is 20.3 Å². The van der Waals surface area contributed by atoms with Crippen LogP contribution in [0, 0.1) is 10.2 Å². The number of ether oxygens (including phenoxy) is 1. The number of aromatic amines is 1. The quantitative estimate of drug-likeness (QED) is 0.844. The molecule has 0 bridgehead atoms. The number of methoxy groups -OCH3 is 1. The molecule has 0 saturated carbocycles. The topological polar surface area (TPSA) is 42.8 Å². The number of hydrogen-bond acceptors (Lipinski definition) is 3. The van der Waals surface area contributed by atoms with Gasteiger partial charge in [-0.3, -0.25) is 0 Å². The molecule has 0 aliphatic heterocycles. The first-order valence-corrected chi connectivity index (χ1v) is 6.47. The SMILES string of the molecule is COCCC(C)(C)Cn1c(=S)[nH]c2cccnc21. The number of hydrogen-bond donors (Lipinski definition) is 1. The van der Waals surface area contributed by atoms with Crippen LogP contribution >= 0.6 is 12.2 Å². The highest BCUT2D eigenvalue weighted by Crippen LogP contribution is 2.25. The van der Waals surface area contributed by atoms with Gasteiger partial charge in [-0.1, -0.05) is 13.8 Å². The minimum atomic E-state index is 0.126. The highest BCUT2D eigenvalue weighted by Gasteiger charge is 2.20. The van der Waals surface area contributed by atoms with Crippen molar-refractivity contribution in [2.75, 3.05) is 13.7 Å². The van der Waals surface area contributed by atoms with E-state index in [2.05, 4.69) is 28.4 Å². The van der Waals surface area contributed by atoms with Gasteiger partial charge in [0.05, 0.1) is 5.52 Å². The van der Waals surface area contributed by atoms with E-state index >= 15 is 0 Å². The van der Waals surface area contributed by atoms with Gasteiger partial charge < -0.3 is 14.3 Å². The molecular weight excluding hydrogens is 246 g/mol. The van der Waals surface area contributed by atoms with Crippen LogP contribution in [0.15, 0.2) is 18.3 Å². The minimum Gasteiger partial charge on any atom is -0.385 e. The van der Waals surface area contributed by atoms with Gasteiger partial charge in [0.15, 0.2) is 10.4 Å². The molecule has 0 aliphatic rings. The molecule has 0 spiro atoms. The first kappa shape index (κ1) is 13.2. The molecule has 0 aromatic carbocycles. The Labute approximate surface area is 112 Å². The van der Waals surface area contributed by atoms with Crippen LogP contribution in [0.5, 0.6) is 0 Å². The van der Waals surface area contributed by atoms with E-state index in [4.69, 9.17) is 17.0 Å². The highest BCUT2D eigenvalue weighted by molar-refractivity contribution is 7.71. The van der Waals surface area contributed by atoms with Gasteiger partial charge in [-0.25, -0.2) is 4.98 Å². The van der Waals surface area contributed by atoms with E-state index < -0.39 is 0 Å². The van der Waals surface area contributed by atoms with E-state index in [1.807, 2.05) is 12.1 Å². The predicted octanol–water partition coefficient (Wildman–Crippen LogP) is 3.16. The normalized spacial score (nSPS) is 12.2. The van der Waals surface area contributed by atoms with Crippen molar-refractivity contribution in [1.29, 1.82) is 0 Å². The number of nitrogens with one attached hydrogen (secondary N) is 1. The van der Waals surface area contributed by atoms with Gasteiger partial charge in [0.1, 0.15) is 0 Å². The summed E-state index contributed by atoms with van der Waals surface area (Å²) in [6.07, 6.45) is 2.79. The highest BCUT2D eigenvalue weighted by atomic mass is 32.1. The van der Waals surface area contributed by atoms with E-state index in [0.717, 1.165) is 35.5 Å². The van der Waals surface area contributed by atoms with Gasteiger partial charge in [-0.15, -0.1) is 0 Å². The van der Waals surface area contributed by atoms with Crippen molar-refractivity contribution in [3.63, 3.8) is 0 Å². The molecular formula is C13H19N3OS.